The molecule has 1 aromatic carbocycles. The number of thioether (sulfide) groups is 1. The number of nitrogens with zero attached hydrogens (tertiary/aromatic N) is 2. The molecule has 0 aliphatic carbocycles. The predicted octanol–water partition coefficient (Wildman–Crippen LogP) is 3.06. The van der Waals surface area contributed by atoms with Crippen LogP contribution in [0.2, 0.25) is 0 Å². The van der Waals surface area contributed by atoms with Gasteiger partial charge in [0.25, 0.3) is 0 Å². The Morgan fingerprint density at radius 1 is 1.53 bits per heavy atom. The fraction of sp³-hybridized carbons (Fsp3) is 0.214. The van der Waals surface area contributed by atoms with Crippen molar-refractivity contribution >= 4 is 28.6 Å². The summed E-state index contributed by atoms with van der Waals surface area (Å²) in [6, 6.07) is 9.51. The Morgan fingerprint density at radius 2 is 2.26 bits per heavy atom. The van der Waals surface area contributed by atoms with Gasteiger partial charge in [-0.25, -0.2) is 0 Å². The summed E-state index contributed by atoms with van der Waals surface area (Å²) < 4.78 is 0. The molecule has 0 fully saturated rings. The largest absolute Gasteiger partial charge is 0.480 e. The van der Waals surface area contributed by atoms with E-state index < -0.39 is 11.2 Å². The highest BCUT2D eigenvalue weighted by atomic mass is 32.2. The molecule has 1 heterocycles. The first kappa shape index (κ1) is 13.4. The molecule has 0 saturated heterocycles. The van der Waals surface area contributed by atoms with Gasteiger partial charge in [-0.2, -0.15) is 5.26 Å². The van der Waals surface area contributed by atoms with Crippen molar-refractivity contribution < 1.29 is 9.90 Å². The second-order valence-corrected chi connectivity index (χ2v) is 5.20. The lowest BCUT2D eigenvalue weighted by atomic mass is 10.2. The van der Waals surface area contributed by atoms with E-state index in [2.05, 4.69) is 11.1 Å². The molecule has 1 aromatic heterocycles. The molecule has 0 radical (unpaired) electrons. The first-order chi connectivity index (χ1) is 9.17. The highest BCUT2D eigenvalue weighted by molar-refractivity contribution is 8.00. The zero-order valence-corrected chi connectivity index (χ0v) is 11.1. The average molecular weight is 272 g/mol. The molecule has 0 spiro atoms. The van der Waals surface area contributed by atoms with Crippen molar-refractivity contribution in [2.24, 2.45) is 0 Å². The van der Waals surface area contributed by atoms with Crippen molar-refractivity contribution in [2.45, 2.75) is 23.5 Å². The molecular weight excluding hydrogens is 260 g/mol. The summed E-state index contributed by atoms with van der Waals surface area (Å²) in [6.45, 7) is 1.82. The third-order valence-corrected chi connectivity index (χ3v) is 4.25. The van der Waals surface area contributed by atoms with Gasteiger partial charge in [0, 0.05) is 16.5 Å². The summed E-state index contributed by atoms with van der Waals surface area (Å²) in [5.41, 5.74) is 1.19. The minimum absolute atomic E-state index is 0.420. The highest BCUT2D eigenvalue weighted by Gasteiger charge is 2.20. The number of carboxylic acids is 1. The molecule has 19 heavy (non-hydrogen) atoms. The number of aliphatic carboxylic acids is 1. The Kier molecular flexibility index (Phi) is 4.03. The van der Waals surface area contributed by atoms with Crippen molar-refractivity contribution in [3.05, 3.63) is 36.0 Å². The Balaban J connectivity index is 2.56. The van der Waals surface area contributed by atoms with Crippen LogP contribution in [-0.4, -0.2) is 21.3 Å². The average Bonchev–Trinajstić information content (AvgIpc) is 2.44. The molecular formula is C14H12N2O2S. The third-order valence-electron chi connectivity index (χ3n) is 2.75. The maximum Gasteiger partial charge on any atom is 0.316 e. The van der Waals surface area contributed by atoms with E-state index >= 15 is 0 Å². The zero-order chi connectivity index (χ0) is 13.8. The lowest BCUT2D eigenvalue weighted by molar-refractivity contribution is -0.136. The minimum atomic E-state index is -0.864. The summed E-state index contributed by atoms with van der Waals surface area (Å²) in [5, 5.41) is 18.6. The molecule has 2 aromatic rings. The number of rotatable bonds is 4. The number of hydrogen-bond acceptors (Lipinski definition) is 4. The van der Waals surface area contributed by atoms with Gasteiger partial charge in [0.05, 0.1) is 11.1 Å². The normalized spacial score (nSPS) is 12.0. The monoisotopic (exact) mass is 272 g/mol. The van der Waals surface area contributed by atoms with Crippen LogP contribution >= 0.6 is 11.8 Å². The van der Waals surface area contributed by atoms with Gasteiger partial charge in [-0.15, -0.1) is 11.8 Å². The summed E-state index contributed by atoms with van der Waals surface area (Å²) in [6.07, 6.45) is 2.00. The van der Waals surface area contributed by atoms with Crippen LogP contribution in [0, 0.1) is 11.3 Å². The fourth-order valence-corrected chi connectivity index (χ4v) is 2.85. The van der Waals surface area contributed by atoms with E-state index in [1.807, 2.05) is 31.2 Å². The number of pyridine rings is 1. The van der Waals surface area contributed by atoms with Crippen molar-refractivity contribution in [1.29, 1.82) is 5.26 Å². The van der Waals surface area contributed by atoms with E-state index in [1.54, 1.807) is 0 Å². The smallest absolute Gasteiger partial charge is 0.316 e. The van der Waals surface area contributed by atoms with Gasteiger partial charge in [-0.1, -0.05) is 25.1 Å². The van der Waals surface area contributed by atoms with Crippen LogP contribution in [0.1, 0.15) is 18.9 Å². The molecule has 0 aliphatic rings. The molecule has 0 amide bonds. The molecule has 1 N–H and O–H groups in total. The van der Waals surface area contributed by atoms with Crippen molar-refractivity contribution in [3.63, 3.8) is 0 Å². The maximum atomic E-state index is 11.2. The molecule has 0 saturated carbocycles. The molecule has 2 rings (SSSR count). The van der Waals surface area contributed by atoms with Gasteiger partial charge in [0.1, 0.15) is 11.3 Å². The van der Waals surface area contributed by atoms with E-state index in [1.165, 1.54) is 18.0 Å². The van der Waals surface area contributed by atoms with Gasteiger partial charge in [-0.05, 0) is 12.5 Å². The number of nitriles is 1. The first-order valence-electron chi connectivity index (χ1n) is 5.84. The standard InChI is InChI=1S/C14H12N2O2S/c1-2-12(14(17)18)19-13-9(7-15)8-16-11-6-4-3-5-10(11)13/h3-6,8,12H,2H2,1H3,(H,17,18). The second kappa shape index (κ2) is 5.72. The van der Waals surface area contributed by atoms with E-state index in [9.17, 15) is 4.79 Å². The van der Waals surface area contributed by atoms with Gasteiger partial charge in [-0.3, -0.25) is 9.78 Å². The van der Waals surface area contributed by atoms with E-state index in [0.29, 0.717) is 16.9 Å². The van der Waals surface area contributed by atoms with Crippen molar-refractivity contribution in [1.82, 2.24) is 4.98 Å². The zero-order valence-electron chi connectivity index (χ0n) is 10.3. The van der Waals surface area contributed by atoms with Crippen LogP contribution < -0.4 is 0 Å². The molecule has 0 bridgehead atoms. The first-order valence-corrected chi connectivity index (χ1v) is 6.72. The Hall–Kier alpha value is -2.06. The van der Waals surface area contributed by atoms with E-state index in [4.69, 9.17) is 10.4 Å². The fourth-order valence-electron chi connectivity index (χ4n) is 1.77. The molecule has 4 nitrogen and oxygen atoms in total. The molecule has 0 aliphatic heterocycles. The van der Waals surface area contributed by atoms with Gasteiger partial charge in [0.2, 0.25) is 0 Å². The topological polar surface area (TPSA) is 74.0 Å². The molecule has 5 heteroatoms. The number of fused-ring (bicyclic) bond motifs is 1. The molecule has 1 atom stereocenters. The number of hydrogen-bond donors (Lipinski definition) is 1. The number of carboxylic acid groups (broad SMARTS) is 1. The number of carbonyl (C=O) groups is 1. The Labute approximate surface area is 115 Å². The highest BCUT2D eigenvalue weighted by Crippen LogP contribution is 2.34. The molecule has 96 valence electrons. The van der Waals surface area contributed by atoms with Crippen LogP contribution in [0.4, 0.5) is 0 Å². The number of aromatic nitrogens is 1. The third kappa shape index (κ3) is 2.69. The van der Waals surface area contributed by atoms with Crippen LogP contribution in [0.5, 0.6) is 0 Å². The maximum absolute atomic E-state index is 11.2. The Morgan fingerprint density at radius 3 is 2.89 bits per heavy atom. The van der Waals surface area contributed by atoms with Crippen molar-refractivity contribution in [2.75, 3.05) is 0 Å². The number of benzene rings is 1. The van der Waals surface area contributed by atoms with Crippen molar-refractivity contribution in [3.8, 4) is 6.07 Å². The summed E-state index contributed by atoms with van der Waals surface area (Å²) >= 11 is 1.22. The molecule has 1 unspecified atom stereocenters. The van der Waals surface area contributed by atoms with Gasteiger partial charge in [0.15, 0.2) is 0 Å². The SMILES string of the molecule is CCC(Sc1c(C#N)cnc2ccccc12)C(=O)O. The van der Waals surface area contributed by atoms with Gasteiger partial charge >= 0.3 is 5.97 Å². The summed E-state index contributed by atoms with van der Waals surface area (Å²) in [5.74, 6) is -0.864. The van der Waals surface area contributed by atoms with Crippen LogP contribution in [0.3, 0.4) is 0 Å². The minimum Gasteiger partial charge on any atom is -0.480 e. The summed E-state index contributed by atoms with van der Waals surface area (Å²) in [7, 11) is 0. The lowest BCUT2D eigenvalue weighted by Gasteiger charge is -2.12. The second-order valence-electron chi connectivity index (χ2n) is 3.98. The summed E-state index contributed by atoms with van der Waals surface area (Å²) in [4.78, 5) is 16.1. The van der Waals surface area contributed by atoms with E-state index in [0.717, 1.165) is 10.9 Å². The van der Waals surface area contributed by atoms with Crippen LogP contribution in [0.15, 0.2) is 35.4 Å². The van der Waals surface area contributed by atoms with Crippen LogP contribution in [-0.2, 0) is 4.79 Å². The number of para-hydroxylation sites is 1. The quantitative estimate of drug-likeness (QED) is 0.866. The van der Waals surface area contributed by atoms with E-state index in [-0.39, 0.29) is 0 Å². The van der Waals surface area contributed by atoms with Crippen LogP contribution in [0.25, 0.3) is 10.9 Å². The predicted molar refractivity (Wildman–Crippen MR) is 74.0 cm³/mol. The Bertz CT molecular complexity index is 664. The lowest BCUT2D eigenvalue weighted by Crippen LogP contribution is -2.15. The van der Waals surface area contributed by atoms with Gasteiger partial charge < -0.3 is 5.11 Å².